The van der Waals surface area contributed by atoms with E-state index in [4.69, 9.17) is 4.98 Å². The Bertz CT molecular complexity index is 1420. The first kappa shape index (κ1) is 19.4. The second kappa shape index (κ2) is 7.29. The average Bonchev–Trinajstić information content (AvgIpc) is 3.42. The summed E-state index contributed by atoms with van der Waals surface area (Å²) in [5.74, 6) is 0.586. The highest BCUT2D eigenvalue weighted by molar-refractivity contribution is 7.89. The number of aliphatic imine (C=N–C) groups is 1. The Balaban J connectivity index is 1.51. The maximum absolute atomic E-state index is 12.3. The zero-order valence-electron chi connectivity index (χ0n) is 17.0. The molecule has 0 saturated heterocycles. The second-order valence-electron chi connectivity index (χ2n) is 7.45. The lowest BCUT2D eigenvalue weighted by molar-refractivity contribution is 0.521. The molecule has 0 amide bonds. The van der Waals surface area contributed by atoms with Gasteiger partial charge in [0.15, 0.2) is 11.5 Å². The van der Waals surface area contributed by atoms with Gasteiger partial charge in [-0.15, -0.1) is 0 Å². The summed E-state index contributed by atoms with van der Waals surface area (Å²) >= 11 is 0. The molecule has 2 aromatic heterocycles. The molecule has 4 aromatic rings. The molecule has 0 saturated carbocycles. The van der Waals surface area contributed by atoms with Gasteiger partial charge in [-0.2, -0.15) is 0 Å². The fraction of sp³-hybridized carbons (Fsp3) is 0.136. The molecule has 0 atom stereocenters. The zero-order valence-corrected chi connectivity index (χ0v) is 17.8. The lowest BCUT2D eigenvalue weighted by Gasteiger charge is -2.13. The van der Waals surface area contributed by atoms with Crippen LogP contribution in [-0.2, 0) is 16.6 Å². The Morgan fingerprint density at radius 3 is 2.68 bits per heavy atom. The normalized spacial score (nSPS) is 13.1. The highest BCUT2D eigenvalue weighted by Gasteiger charge is 2.17. The Labute approximate surface area is 180 Å². The Hall–Kier alpha value is -3.56. The molecule has 2 aromatic carbocycles. The molecule has 0 spiro atoms. The topological polar surface area (TPSA) is 92.0 Å². The molecule has 0 unspecified atom stereocenters. The van der Waals surface area contributed by atoms with Gasteiger partial charge in [-0.3, -0.25) is 4.99 Å². The number of aromatic nitrogens is 3. The molecular formula is C22H20N6O2S. The van der Waals surface area contributed by atoms with E-state index in [1.54, 1.807) is 30.5 Å². The SMILES string of the molecule is CN(C)S(=O)(=O)c1ccc(Nc2nc(-c3ccc4c(c3)CN=C4)cn3ccnc23)cc1. The predicted octanol–water partition coefficient (Wildman–Crippen LogP) is 3.32. The van der Waals surface area contributed by atoms with Gasteiger partial charge >= 0.3 is 0 Å². The molecule has 1 aliphatic rings. The first-order valence-electron chi connectivity index (χ1n) is 9.68. The summed E-state index contributed by atoms with van der Waals surface area (Å²) in [6, 6.07) is 12.8. The van der Waals surface area contributed by atoms with Crippen LogP contribution in [0.4, 0.5) is 11.5 Å². The molecule has 3 heterocycles. The summed E-state index contributed by atoms with van der Waals surface area (Å²) in [6.07, 6.45) is 7.42. The lowest BCUT2D eigenvalue weighted by Crippen LogP contribution is -2.22. The van der Waals surface area contributed by atoms with Crippen LogP contribution in [0.25, 0.3) is 16.9 Å². The minimum absolute atomic E-state index is 0.232. The smallest absolute Gasteiger partial charge is 0.242 e. The maximum Gasteiger partial charge on any atom is 0.242 e. The highest BCUT2D eigenvalue weighted by Crippen LogP contribution is 2.27. The van der Waals surface area contributed by atoms with Crippen molar-refractivity contribution in [3.8, 4) is 11.3 Å². The van der Waals surface area contributed by atoms with Crippen LogP contribution in [-0.4, -0.2) is 47.4 Å². The van der Waals surface area contributed by atoms with E-state index in [0.717, 1.165) is 22.5 Å². The van der Waals surface area contributed by atoms with Crippen LogP contribution < -0.4 is 5.32 Å². The Morgan fingerprint density at radius 2 is 1.90 bits per heavy atom. The molecule has 0 fully saturated rings. The number of hydrogen-bond donors (Lipinski definition) is 1. The van der Waals surface area contributed by atoms with Crippen LogP contribution in [0.2, 0.25) is 0 Å². The van der Waals surface area contributed by atoms with Crippen molar-refractivity contribution in [2.75, 3.05) is 19.4 Å². The highest BCUT2D eigenvalue weighted by atomic mass is 32.2. The summed E-state index contributed by atoms with van der Waals surface area (Å²) in [6.45, 7) is 0.684. The van der Waals surface area contributed by atoms with E-state index in [1.165, 1.54) is 24.0 Å². The summed E-state index contributed by atoms with van der Waals surface area (Å²) < 4.78 is 27.7. The van der Waals surface area contributed by atoms with Crippen LogP contribution in [0.5, 0.6) is 0 Å². The third-order valence-electron chi connectivity index (χ3n) is 5.20. The summed E-state index contributed by atoms with van der Waals surface area (Å²) in [5.41, 5.74) is 5.51. The van der Waals surface area contributed by atoms with Crippen molar-refractivity contribution in [3.63, 3.8) is 0 Å². The maximum atomic E-state index is 12.3. The number of benzene rings is 2. The first-order valence-corrected chi connectivity index (χ1v) is 11.1. The number of hydrogen-bond acceptors (Lipinski definition) is 6. The number of imidazole rings is 1. The number of anilines is 2. The number of sulfonamides is 1. The van der Waals surface area contributed by atoms with Gasteiger partial charge in [0, 0.05) is 50.2 Å². The van der Waals surface area contributed by atoms with E-state index in [9.17, 15) is 8.42 Å². The number of rotatable bonds is 5. The van der Waals surface area contributed by atoms with Gasteiger partial charge in [0.25, 0.3) is 0 Å². The molecular weight excluding hydrogens is 412 g/mol. The van der Waals surface area contributed by atoms with Gasteiger partial charge in [-0.05, 0) is 41.5 Å². The minimum Gasteiger partial charge on any atom is -0.337 e. The van der Waals surface area contributed by atoms with Crippen LogP contribution in [0.1, 0.15) is 11.1 Å². The van der Waals surface area contributed by atoms with Crippen LogP contribution in [0.15, 0.2) is 70.9 Å². The van der Waals surface area contributed by atoms with Crippen molar-refractivity contribution in [1.29, 1.82) is 0 Å². The summed E-state index contributed by atoms with van der Waals surface area (Å²) in [7, 11) is -0.455. The van der Waals surface area contributed by atoms with E-state index in [2.05, 4.69) is 27.4 Å². The van der Waals surface area contributed by atoms with Gasteiger partial charge < -0.3 is 9.72 Å². The van der Waals surface area contributed by atoms with Gasteiger partial charge in [0.05, 0.1) is 17.1 Å². The standard InChI is InChI=1S/C22H20N6O2S/c1-27(2)31(29,30)19-7-5-18(6-8-19)25-21-22-24-9-10-28(22)14-20(26-21)15-3-4-16-12-23-13-17(16)11-15/h3-12,14H,13H2,1-2H3,(H,25,26). The van der Waals surface area contributed by atoms with Gasteiger partial charge in [-0.25, -0.2) is 22.7 Å². The summed E-state index contributed by atoms with van der Waals surface area (Å²) in [5, 5.41) is 3.28. The van der Waals surface area contributed by atoms with Crippen molar-refractivity contribution in [2.24, 2.45) is 4.99 Å². The number of fused-ring (bicyclic) bond motifs is 2. The molecule has 156 valence electrons. The fourth-order valence-electron chi connectivity index (χ4n) is 3.48. The first-order chi connectivity index (χ1) is 14.9. The third-order valence-corrected chi connectivity index (χ3v) is 7.03. The fourth-order valence-corrected chi connectivity index (χ4v) is 4.38. The molecule has 9 heteroatoms. The van der Waals surface area contributed by atoms with Crippen molar-refractivity contribution in [3.05, 3.63) is 72.2 Å². The summed E-state index contributed by atoms with van der Waals surface area (Å²) in [4.78, 5) is 13.8. The van der Waals surface area contributed by atoms with E-state index in [0.29, 0.717) is 18.0 Å². The molecule has 0 aliphatic carbocycles. The zero-order chi connectivity index (χ0) is 21.6. The van der Waals surface area contributed by atoms with Gasteiger partial charge in [0.1, 0.15) is 0 Å². The Morgan fingerprint density at radius 1 is 1.10 bits per heavy atom. The van der Waals surface area contributed by atoms with Crippen molar-refractivity contribution < 1.29 is 8.42 Å². The molecule has 5 rings (SSSR count). The largest absolute Gasteiger partial charge is 0.337 e. The lowest BCUT2D eigenvalue weighted by atomic mass is 10.0. The van der Waals surface area contributed by atoms with Crippen molar-refractivity contribution in [2.45, 2.75) is 11.4 Å². The van der Waals surface area contributed by atoms with E-state index in [1.807, 2.05) is 29.1 Å². The quantitative estimate of drug-likeness (QED) is 0.522. The molecule has 0 radical (unpaired) electrons. The van der Waals surface area contributed by atoms with E-state index < -0.39 is 10.0 Å². The van der Waals surface area contributed by atoms with E-state index in [-0.39, 0.29) is 4.90 Å². The van der Waals surface area contributed by atoms with Crippen LogP contribution in [0, 0.1) is 0 Å². The number of nitrogens with zero attached hydrogens (tertiary/aromatic N) is 5. The Kier molecular flexibility index (Phi) is 4.57. The van der Waals surface area contributed by atoms with Gasteiger partial charge in [-0.1, -0.05) is 12.1 Å². The average molecular weight is 433 g/mol. The van der Waals surface area contributed by atoms with Crippen molar-refractivity contribution in [1.82, 2.24) is 18.7 Å². The monoisotopic (exact) mass is 432 g/mol. The third kappa shape index (κ3) is 3.47. The predicted molar refractivity (Wildman–Crippen MR) is 120 cm³/mol. The molecule has 1 aliphatic heterocycles. The van der Waals surface area contributed by atoms with Crippen molar-refractivity contribution >= 4 is 33.4 Å². The van der Waals surface area contributed by atoms with Crippen LogP contribution >= 0.6 is 0 Å². The second-order valence-corrected chi connectivity index (χ2v) is 9.60. The van der Waals surface area contributed by atoms with E-state index >= 15 is 0 Å². The molecule has 1 N–H and O–H groups in total. The van der Waals surface area contributed by atoms with Gasteiger partial charge in [0.2, 0.25) is 10.0 Å². The molecule has 31 heavy (non-hydrogen) atoms. The minimum atomic E-state index is -3.48. The molecule has 0 bridgehead atoms. The van der Waals surface area contributed by atoms with Crippen LogP contribution in [0.3, 0.4) is 0 Å². The number of nitrogens with one attached hydrogen (secondary N) is 1. The molecule has 8 nitrogen and oxygen atoms in total.